The summed E-state index contributed by atoms with van der Waals surface area (Å²) in [5, 5.41) is 7.63. The molecule has 4 aromatic rings. The first-order chi connectivity index (χ1) is 16.3. The molecule has 34 heavy (non-hydrogen) atoms. The Labute approximate surface area is 201 Å². The van der Waals surface area contributed by atoms with Gasteiger partial charge in [-0.1, -0.05) is 22.9 Å². The molecule has 9 heteroatoms. The van der Waals surface area contributed by atoms with E-state index < -0.39 is 5.97 Å². The zero-order valence-electron chi connectivity index (χ0n) is 19.7. The van der Waals surface area contributed by atoms with Crippen molar-refractivity contribution in [2.45, 2.75) is 33.4 Å². The highest BCUT2D eigenvalue weighted by Gasteiger charge is 2.23. The maximum absolute atomic E-state index is 13.1. The monoisotopic (exact) mass is 478 g/mol. The van der Waals surface area contributed by atoms with Gasteiger partial charge in [0.15, 0.2) is 0 Å². The van der Waals surface area contributed by atoms with Crippen LogP contribution in [-0.2, 0) is 11.3 Å². The third kappa shape index (κ3) is 4.71. The van der Waals surface area contributed by atoms with E-state index in [1.807, 2.05) is 58.2 Å². The van der Waals surface area contributed by atoms with Gasteiger partial charge < -0.3 is 14.6 Å². The Balaban J connectivity index is 1.65. The molecule has 8 nitrogen and oxygen atoms in total. The standard InChI is InChI=1S/C25H26N4O4S/c1-14-6-8-18(15(2)12-14)23(30)27-21-19-9-7-17(26-24(19)34-22(21)25(31)32-5)13-29(4)16(3)20-10-11-33-28-20/h6-12,16H,13H2,1-5H3,(H,27,30)/t16-/m0/s1. The number of ether oxygens (including phenoxy) is 1. The summed E-state index contributed by atoms with van der Waals surface area (Å²) in [7, 11) is 3.30. The molecule has 1 N–H and O–H groups in total. The van der Waals surface area contributed by atoms with E-state index in [1.54, 1.807) is 12.3 Å². The van der Waals surface area contributed by atoms with Crippen molar-refractivity contribution in [1.29, 1.82) is 0 Å². The number of hydrogen-bond donors (Lipinski definition) is 1. The normalized spacial score (nSPS) is 12.2. The van der Waals surface area contributed by atoms with Crippen LogP contribution in [0.4, 0.5) is 5.69 Å². The number of hydrogen-bond acceptors (Lipinski definition) is 8. The van der Waals surface area contributed by atoms with Crippen LogP contribution in [0.15, 0.2) is 47.2 Å². The molecule has 0 bridgehead atoms. The fourth-order valence-corrected chi connectivity index (χ4v) is 4.84. The first kappa shape index (κ1) is 23.6. The average molecular weight is 479 g/mol. The van der Waals surface area contributed by atoms with Crippen molar-refractivity contribution in [3.05, 3.63) is 75.6 Å². The van der Waals surface area contributed by atoms with Crippen LogP contribution in [0.25, 0.3) is 10.2 Å². The number of amides is 1. The number of fused-ring (bicyclic) bond motifs is 1. The van der Waals surface area contributed by atoms with E-state index in [9.17, 15) is 9.59 Å². The molecular formula is C25H26N4O4S. The summed E-state index contributed by atoms with van der Waals surface area (Å²) < 4.78 is 9.92. The number of aromatic nitrogens is 2. The van der Waals surface area contributed by atoms with Crippen LogP contribution < -0.4 is 5.32 Å². The Morgan fingerprint density at radius 2 is 2.00 bits per heavy atom. The molecule has 3 heterocycles. The van der Waals surface area contributed by atoms with Gasteiger partial charge in [-0.25, -0.2) is 9.78 Å². The second-order valence-electron chi connectivity index (χ2n) is 8.24. The van der Waals surface area contributed by atoms with Crippen LogP contribution in [-0.4, -0.2) is 41.1 Å². The van der Waals surface area contributed by atoms with Gasteiger partial charge in [0, 0.05) is 23.6 Å². The lowest BCUT2D eigenvalue weighted by Gasteiger charge is -2.22. The number of nitrogens with one attached hydrogen (secondary N) is 1. The molecule has 0 aliphatic carbocycles. The van der Waals surface area contributed by atoms with E-state index in [4.69, 9.17) is 14.2 Å². The summed E-state index contributed by atoms with van der Waals surface area (Å²) in [5.41, 5.74) is 4.57. The molecule has 1 aromatic carbocycles. The molecule has 0 fully saturated rings. The number of thiophene rings is 1. The lowest BCUT2D eigenvalue weighted by atomic mass is 10.1. The second kappa shape index (κ2) is 9.74. The van der Waals surface area contributed by atoms with Crippen molar-refractivity contribution in [1.82, 2.24) is 15.0 Å². The Kier molecular flexibility index (Phi) is 6.76. The van der Waals surface area contributed by atoms with E-state index >= 15 is 0 Å². The largest absolute Gasteiger partial charge is 0.465 e. The van der Waals surface area contributed by atoms with E-state index in [1.165, 1.54) is 18.4 Å². The second-order valence-corrected chi connectivity index (χ2v) is 9.24. The van der Waals surface area contributed by atoms with Crippen LogP contribution in [0.2, 0.25) is 0 Å². The fourth-order valence-electron chi connectivity index (χ4n) is 3.77. The van der Waals surface area contributed by atoms with Crippen molar-refractivity contribution in [2.75, 3.05) is 19.5 Å². The zero-order chi connectivity index (χ0) is 24.4. The van der Waals surface area contributed by atoms with E-state index in [2.05, 4.69) is 15.4 Å². The minimum atomic E-state index is -0.516. The highest BCUT2D eigenvalue weighted by molar-refractivity contribution is 7.21. The number of aryl methyl sites for hydroxylation is 2. The molecule has 0 spiro atoms. The molecule has 0 saturated carbocycles. The van der Waals surface area contributed by atoms with Crippen molar-refractivity contribution in [2.24, 2.45) is 0 Å². The first-order valence-corrected chi connectivity index (χ1v) is 11.6. The molecule has 1 amide bonds. The molecule has 0 aliphatic heterocycles. The number of esters is 1. The van der Waals surface area contributed by atoms with Crippen LogP contribution in [0, 0.1) is 13.8 Å². The number of rotatable bonds is 7. The maximum Gasteiger partial charge on any atom is 0.350 e. The minimum absolute atomic E-state index is 0.0396. The Morgan fingerprint density at radius 1 is 1.21 bits per heavy atom. The Morgan fingerprint density at radius 3 is 2.68 bits per heavy atom. The molecule has 4 rings (SSSR count). The number of carbonyl (C=O) groups is 2. The molecule has 0 unspecified atom stereocenters. The van der Waals surface area contributed by atoms with E-state index in [0.717, 1.165) is 22.5 Å². The van der Waals surface area contributed by atoms with Gasteiger partial charge in [-0.05, 0) is 51.6 Å². The van der Waals surface area contributed by atoms with Gasteiger partial charge in [0.2, 0.25) is 0 Å². The first-order valence-electron chi connectivity index (χ1n) is 10.8. The molecule has 0 saturated heterocycles. The number of anilines is 1. The number of methoxy groups -OCH3 is 1. The summed E-state index contributed by atoms with van der Waals surface area (Å²) in [6, 6.07) is 11.3. The summed E-state index contributed by atoms with van der Waals surface area (Å²) >= 11 is 1.20. The summed E-state index contributed by atoms with van der Waals surface area (Å²) in [5.74, 6) is -0.801. The zero-order valence-corrected chi connectivity index (χ0v) is 20.5. The fraction of sp³-hybridized carbons (Fsp3) is 0.280. The van der Waals surface area contributed by atoms with Crippen LogP contribution in [0.3, 0.4) is 0 Å². The van der Waals surface area contributed by atoms with Crippen LogP contribution >= 0.6 is 11.3 Å². The quantitative estimate of drug-likeness (QED) is 0.368. The van der Waals surface area contributed by atoms with Gasteiger partial charge in [0.05, 0.1) is 24.5 Å². The maximum atomic E-state index is 13.1. The SMILES string of the molecule is COC(=O)c1sc2nc(CN(C)[C@@H](C)c3ccon3)ccc2c1NC(=O)c1ccc(C)cc1C. The third-order valence-corrected chi connectivity index (χ3v) is 6.89. The van der Waals surface area contributed by atoms with Gasteiger partial charge in [-0.3, -0.25) is 9.69 Å². The smallest absolute Gasteiger partial charge is 0.350 e. The number of carbonyl (C=O) groups excluding carboxylic acids is 2. The molecular weight excluding hydrogens is 452 g/mol. The Bertz CT molecular complexity index is 1350. The van der Waals surface area contributed by atoms with E-state index in [0.29, 0.717) is 32.9 Å². The summed E-state index contributed by atoms with van der Waals surface area (Å²) in [6.07, 6.45) is 1.55. The van der Waals surface area contributed by atoms with Crippen molar-refractivity contribution in [3.63, 3.8) is 0 Å². The van der Waals surface area contributed by atoms with Gasteiger partial charge in [-0.2, -0.15) is 0 Å². The van der Waals surface area contributed by atoms with E-state index in [-0.39, 0.29) is 11.9 Å². The number of benzene rings is 1. The molecule has 1 atom stereocenters. The average Bonchev–Trinajstić information content (AvgIpc) is 3.46. The highest BCUT2D eigenvalue weighted by Crippen LogP contribution is 2.36. The van der Waals surface area contributed by atoms with Gasteiger partial charge in [0.25, 0.3) is 5.91 Å². The predicted molar refractivity (Wildman–Crippen MR) is 131 cm³/mol. The highest BCUT2D eigenvalue weighted by atomic mass is 32.1. The number of pyridine rings is 1. The van der Waals surface area contributed by atoms with Crippen molar-refractivity contribution >= 4 is 39.1 Å². The van der Waals surface area contributed by atoms with Gasteiger partial charge in [-0.15, -0.1) is 11.3 Å². The van der Waals surface area contributed by atoms with Crippen LogP contribution in [0.5, 0.6) is 0 Å². The van der Waals surface area contributed by atoms with Crippen molar-refractivity contribution in [3.8, 4) is 0 Å². The summed E-state index contributed by atoms with van der Waals surface area (Å²) in [6.45, 7) is 6.47. The van der Waals surface area contributed by atoms with Crippen LogP contribution in [0.1, 0.15) is 55.5 Å². The Hall–Kier alpha value is -3.56. The summed E-state index contributed by atoms with van der Waals surface area (Å²) in [4.78, 5) is 33.4. The predicted octanol–water partition coefficient (Wildman–Crippen LogP) is 5.13. The topological polar surface area (TPSA) is 97.6 Å². The molecule has 0 radical (unpaired) electrons. The molecule has 3 aromatic heterocycles. The van der Waals surface area contributed by atoms with Crippen molar-refractivity contribution < 1.29 is 18.8 Å². The van der Waals surface area contributed by atoms with Gasteiger partial charge >= 0.3 is 5.97 Å². The molecule has 0 aliphatic rings. The third-order valence-electron chi connectivity index (χ3n) is 5.81. The minimum Gasteiger partial charge on any atom is -0.465 e. The lowest BCUT2D eigenvalue weighted by Crippen LogP contribution is -2.22. The van der Waals surface area contributed by atoms with Gasteiger partial charge in [0.1, 0.15) is 21.7 Å². The molecule has 176 valence electrons. The number of nitrogens with zero attached hydrogens (tertiary/aromatic N) is 3. The lowest BCUT2D eigenvalue weighted by molar-refractivity contribution is 0.0607.